The number of hydrogen-bond acceptors (Lipinski definition) is 4. The second-order valence-electron chi connectivity index (χ2n) is 4.90. The summed E-state index contributed by atoms with van der Waals surface area (Å²) in [5, 5.41) is 12.3. The van der Waals surface area contributed by atoms with Crippen LogP contribution in [0.5, 0.6) is 0 Å². The predicted octanol–water partition coefficient (Wildman–Crippen LogP) is -0.888. The fraction of sp³-hybridized carbons (Fsp3) is 0.462. The summed E-state index contributed by atoms with van der Waals surface area (Å²) in [6, 6.07) is 3.06. The van der Waals surface area contributed by atoms with Crippen molar-refractivity contribution in [2.24, 2.45) is 11.7 Å². The summed E-state index contributed by atoms with van der Waals surface area (Å²) >= 11 is 0. The quantitative estimate of drug-likeness (QED) is 0.664. The van der Waals surface area contributed by atoms with E-state index in [0.29, 0.717) is 13.0 Å². The number of aliphatic hydroxyl groups is 1. The molecule has 0 saturated carbocycles. The zero-order chi connectivity index (χ0) is 14.5. The Morgan fingerprint density at radius 1 is 1.40 bits per heavy atom. The van der Waals surface area contributed by atoms with Crippen LogP contribution in [-0.4, -0.2) is 52.7 Å². The number of aromatic nitrogens is 1. The summed E-state index contributed by atoms with van der Waals surface area (Å²) in [6.07, 6.45) is 3.55. The summed E-state index contributed by atoms with van der Waals surface area (Å²) in [4.78, 5) is 27.9. The van der Waals surface area contributed by atoms with Gasteiger partial charge in [-0.25, -0.2) is 4.79 Å². The molecule has 0 spiro atoms. The van der Waals surface area contributed by atoms with Crippen molar-refractivity contribution in [3.63, 3.8) is 0 Å². The lowest BCUT2D eigenvalue weighted by Gasteiger charge is -2.16. The molecule has 0 radical (unpaired) electrons. The number of urea groups is 1. The van der Waals surface area contributed by atoms with Crippen molar-refractivity contribution in [3.8, 4) is 0 Å². The molecule has 0 aromatic carbocycles. The Bertz CT molecular complexity index is 480. The summed E-state index contributed by atoms with van der Waals surface area (Å²) in [5.41, 5.74) is 6.00. The number of amides is 3. The number of carbonyl (C=O) groups excluding carboxylic acids is 2. The Balaban J connectivity index is 1.88. The van der Waals surface area contributed by atoms with Crippen LogP contribution in [0.2, 0.25) is 0 Å². The molecule has 1 aromatic heterocycles. The molecular formula is C13H18N4O3. The van der Waals surface area contributed by atoms with Crippen molar-refractivity contribution in [2.45, 2.75) is 12.5 Å². The van der Waals surface area contributed by atoms with Crippen LogP contribution < -0.4 is 11.1 Å². The number of pyridine rings is 1. The van der Waals surface area contributed by atoms with Crippen LogP contribution in [0.3, 0.4) is 0 Å². The molecule has 4 N–H and O–H groups in total. The third-order valence-electron chi connectivity index (χ3n) is 3.42. The van der Waals surface area contributed by atoms with E-state index in [1.807, 2.05) is 12.1 Å². The molecule has 20 heavy (non-hydrogen) atoms. The van der Waals surface area contributed by atoms with E-state index in [1.54, 1.807) is 17.3 Å². The maximum atomic E-state index is 11.8. The molecule has 0 unspecified atom stereocenters. The average Bonchev–Trinajstić information content (AvgIpc) is 2.79. The maximum absolute atomic E-state index is 11.8. The van der Waals surface area contributed by atoms with E-state index in [-0.39, 0.29) is 24.9 Å². The zero-order valence-electron chi connectivity index (χ0n) is 11.0. The van der Waals surface area contributed by atoms with Crippen molar-refractivity contribution < 1.29 is 14.7 Å². The molecule has 1 aliphatic heterocycles. The number of hydrogen-bond donors (Lipinski definition) is 3. The van der Waals surface area contributed by atoms with Crippen molar-refractivity contribution in [1.29, 1.82) is 0 Å². The van der Waals surface area contributed by atoms with Gasteiger partial charge in [0.05, 0.1) is 12.6 Å². The average molecular weight is 278 g/mol. The van der Waals surface area contributed by atoms with E-state index in [9.17, 15) is 14.7 Å². The Morgan fingerprint density at radius 2 is 2.10 bits per heavy atom. The number of nitrogens with zero attached hydrogens (tertiary/aromatic N) is 2. The lowest BCUT2D eigenvalue weighted by molar-refractivity contribution is -0.129. The maximum Gasteiger partial charge on any atom is 0.312 e. The van der Waals surface area contributed by atoms with Crippen molar-refractivity contribution in [2.75, 3.05) is 19.6 Å². The van der Waals surface area contributed by atoms with Crippen LogP contribution in [0.1, 0.15) is 5.56 Å². The summed E-state index contributed by atoms with van der Waals surface area (Å²) in [7, 11) is 0. The molecule has 2 atom stereocenters. The second kappa shape index (κ2) is 6.33. The topological polar surface area (TPSA) is 109 Å². The monoisotopic (exact) mass is 278 g/mol. The number of rotatable bonds is 4. The van der Waals surface area contributed by atoms with Crippen LogP contribution in [0, 0.1) is 5.92 Å². The molecule has 108 valence electrons. The lowest BCUT2D eigenvalue weighted by atomic mass is 9.97. The Kier molecular flexibility index (Phi) is 4.52. The van der Waals surface area contributed by atoms with E-state index < -0.39 is 12.1 Å². The third-order valence-corrected chi connectivity index (χ3v) is 3.42. The number of nitrogens with one attached hydrogen (secondary N) is 1. The largest absolute Gasteiger partial charge is 0.391 e. The standard InChI is InChI=1S/C13H18N4O3/c14-13(20)16-6-12(19)17-7-10(11(18)8-17)5-9-1-3-15-4-2-9/h1-4,10-11,18H,5-8H2,(H3,14,16,20)/t10-,11+/m1/s1. The summed E-state index contributed by atoms with van der Waals surface area (Å²) in [6.45, 7) is 0.627. The van der Waals surface area contributed by atoms with Gasteiger partial charge in [0.15, 0.2) is 0 Å². The first-order valence-electron chi connectivity index (χ1n) is 6.44. The molecule has 1 fully saturated rings. The Labute approximate surface area is 116 Å². The van der Waals surface area contributed by atoms with Gasteiger partial charge in [-0.3, -0.25) is 9.78 Å². The second-order valence-corrected chi connectivity index (χ2v) is 4.90. The van der Waals surface area contributed by atoms with Crippen molar-refractivity contribution in [1.82, 2.24) is 15.2 Å². The van der Waals surface area contributed by atoms with E-state index in [0.717, 1.165) is 5.56 Å². The molecule has 1 aromatic rings. The summed E-state index contributed by atoms with van der Waals surface area (Å²) in [5.74, 6) is -0.241. The molecule has 0 aliphatic carbocycles. The Hall–Kier alpha value is -2.15. The molecule has 7 heteroatoms. The van der Waals surface area contributed by atoms with Gasteiger partial charge in [0.1, 0.15) is 0 Å². The van der Waals surface area contributed by atoms with Crippen LogP contribution in [0.4, 0.5) is 4.79 Å². The number of β-amino-alcohol motifs (C(OH)–C–C–N with tert-alkyl or cyclic N) is 1. The Morgan fingerprint density at radius 3 is 2.75 bits per heavy atom. The minimum Gasteiger partial charge on any atom is -0.391 e. The summed E-state index contributed by atoms with van der Waals surface area (Å²) < 4.78 is 0. The molecule has 0 bridgehead atoms. The van der Waals surface area contributed by atoms with Crippen LogP contribution >= 0.6 is 0 Å². The van der Waals surface area contributed by atoms with Gasteiger partial charge in [-0.2, -0.15) is 0 Å². The predicted molar refractivity (Wildman–Crippen MR) is 71.6 cm³/mol. The fourth-order valence-corrected chi connectivity index (χ4v) is 2.35. The first-order chi connectivity index (χ1) is 9.56. The van der Waals surface area contributed by atoms with E-state index >= 15 is 0 Å². The highest BCUT2D eigenvalue weighted by Gasteiger charge is 2.33. The molecular weight excluding hydrogens is 260 g/mol. The highest BCUT2D eigenvalue weighted by molar-refractivity contribution is 5.83. The van der Waals surface area contributed by atoms with Gasteiger partial charge >= 0.3 is 6.03 Å². The normalized spacial score (nSPS) is 21.8. The molecule has 1 saturated heterocycles. The lowest BCUT2D eigenvalue weighted by Crippen LogP contribution is -2.41. The van der Waals surface area contributed by atoms with E-state index in [1.165, 1.54) is 0 Å². The van der Waals surface area contributed by atoms with Gasteiger partial charge in [-0.15, -0.1) is 0 Å². The fourth-order valence-electron chi connectivity index (χ4n) is 2.35. The number of nitrogens with two attached hydrogens (primary N) is 1. The number of aliphatic hydroxyl groups excluding tert-OH is 1. The zero-order valence-corrected chi connectivity index (χ0v) is 11.0. The van der Waals surface area contributed by atoms with Gasteiger partial charge in [0, 0.05) is 31.4 Å². The smallest absolute Gasteiger partial charge is 0.312 e. The number of likely N-dealkylation sites (tertiary alicyclic amines) is 1. The van der Waals surface area contributed by atoms with Gasteiger partial charge < -0.3 is 21.1 Å². The number of carbonyl (C=O) groups is 2. The molecule has 7 nitrogen and oxygen atoms in total. The van der Waals surface area contributed by atoms with Gasteiger partial charge in [0.25, 0.3) is 0 Å². The first kappa shape index (κ1) is 14.3. The molecule has 2 rings (SSSR count). The van der Waals surface area contributed by atoms with Crippen LogP contribution in [-0.2, 0) is 11.2 Å². The molecule has 2 heterocycles. The van der Waals surface area contributed by atoms with Gasteiger partial charge in [-0.05, 0) is 24.1 Å². The van der Waals surface area contributed by atoms with Crippen LogP contribution in [0.15, 0.2) is 24.5 Å². The highest BCUT2D eigenvalue weighted by atomic mass is 16.3. The molecule has 1 aliphatic rings. The van der Waals surface area contributed by atoms with E-state index in [2.05, 4.69) is 10.3 Å². The van der Waals surface area contributed by atoms with E-state index in [4.69, 9.17) is 5.73 Å². The van der Waals surface area contributed by atoms with Gasteiger partial charge in [-0.1, -0.05) is 0 Å². The van der Waals surface area contributed by atoms with Crippen molar-refractivity contribution in [3.05, 3.63) is 30.1 Å². The minimum atomic E-state index is -0.730. The third kappa shape index (κ3) is 3.67. The van der Waals surface area contributed by atoms with Gasteiger partial charge in [0.2, 0.25) is 5.91 Å². The van der Waals surface area contributed by atoms with Crippen LogP contribution in [0.25, 0.3) is 0 Å². The molecule has 3 amide bonds. The minimum absolute atomic E-state index is 0.00470. The highest BCUT2D eigenvalue weighted by Crippen LogP contribution is 2.21. The first-order valence-corrected chi connectivity index (χ1v) is 6.44. The number of primary amides is 1. The SMILES string of the molecule is NC(=O)NCC(=O)N1C[C@@H](Cc2ccncc2)[C@@H](O)C1. The van der Waals surface area contributed by atoms with Crippen molar-refractivity contribution >= 4 is 11.9 Å².